The van der Waals surface area contributed by atoms with Crippen molar-refractivity contribution in [2.24, 2.45) is 17.8 Å². The van der Waals surface area contributed by atoms with Gasteiger partial charge in [0.2, 0.25) is 11.8 Å². The van der Waals surface area contributed by atoms with Crippen LogP contribution in [0.25, 0.3) is 0 Å². The molecule has 2 bridgehead atoms. The second kappa shape index (κ2) is 7.05. The summed E-state index contributed by atoms with van der Waals surface area (Å²) in [6, 6.07) is 9.62. The van der Waals surface area contributed by atoms with Gasteiger partial charge in [0, 0.05) is 24.1 Å². The van der Waals surface area contributed by atoms with Crippen molar-refractivity contribution in [2.75, 3.05) is 12.4 Å². The molecule has 33 heavy (non-hydrogen) atoms. The van der Waals surface area contributed by atoms with Crippen molar-refractivity contribution in [2.45, 2.75) is 37.1 Å². The third-order valence-corrected chi connectivity index (χ3v) is 7.59. The molecule has 1 N–H and O–H groups in total. The minimum Gasteiger partial charge on any atom is -0.497 e. The van der Waals surface area contributed by atoms with Gasteiger partial charge in [0.1, 0.15) is 22.9 Å². The van der Waals surface area contributed by atoms with Crippen LogP contribution in [0, 0.1) is 17.8 Å². The standard InChI is InChI=1S/C25H24N2O6/c1-13-17(28)12-16(18-7-4-10-32-18)27-22(13)25-9-8-19(33-25)20(21(25)24(27)30)23(29)26-14-5-3-6-15(11-14)31-2/h3-11,13,16,19-22H,12H2,1-2H3,(H,26,29). The maximum atomic E-state index is 13.9. The smallest absolute Gasteiger partial charge is 0.231 e. The molecule has 3 fully saturated rings. The number of ketones is 1. The molecule has 7 unspecified atom stereocenters. The number of Topliss-reactive ketones (excluding diaryl/α,β-unsaturated/α-hetero) is 1. The summed E-state index contributed by atoms with van der Waals surface area (Å²) in [5.41, 5.74) is -0.418. The van der Waals surface area contributed by atoms with Crippen molar-refractivity contribution in [3.63, 3.8) is 0 Å². The number of nitrogens with zero attached hydrogens (tertiary/aromatic N) is 1. The number of amides is 2. The Bertz CT molecular complexity index is 1170. The summed E-state index contributed by atoms with van der Waals surface area (Å²) in [7, 11) is 1.56. The molecule has 7 atom stereocenters. The van der Waals surface area contributed by atoms with E-state index in [1.165, 1.54) is 0 Å². The summed E-state index contributed by atoms with van der Waals surface area (Å²) in [5, 5.41) is 2.92. The fourth-order valence-corrected chi connectivity index (χ4v) is 6.19. The number of rotatable bonds is 4. The third kappa shape index (κ3) is 2.70. The number of benzene rings is 1. The normalized spacial score (nSPS) is 36.1. The van der Waals surface area contributed by atoms with Gasteiger partial charge in [-0.3, -0.25) is 14.4 Å². The predicted molar refractivity (Wildman–Crippen MR) is 116 cm³/mol. The highest BCUT2D eigenvalue weighted by Gasteiger charge is 2.74. The molecule has 0 aliphatic carbocycles. The van der Waals surface area contributed by atoms with E-state index in [2.05, 4.69) is 5.32 Å². The number of hydrogen-bond donors (Lipinski definition) is 1. The van der Waals surface area contributed by atoms with Gasteiger partial charge in [-0.2, -0.15) is 0 Å². The van der Waals surface area contributed by atoms with E-state index >= 15 is 0 Å². The van der Waals surface area contributed by atoms with Crippen LogP contribution < -0.4 is 10.1 Å². The van der Waals surface area contributed by atoms with E-state index in [-0.39, 0.29) is 24.0 Å². The maximum absolute atomic E-state index is 13.9. The van der Waals surface area contributed by atoms with Gasteiger partial charge in [0.05, 0.1) is 43.4 Å². The Hall–Kier alpha value is -3.39. The third-order valence-electron chi connectivity index (χ3n) is 7.59. The van der Waals surface area contributed by atoms with Crippen LogP contribution in [-0.2, 0) is 19.1 Å². The van der Waals surface area contributed by atoms with Crippen molar-refractivity contribution in [1.82, 2.24) is 4.90 Å². The molecule has 1 aromatic heterocycles. The Morgan fingerprint density at radius 1 is 1.24 bits per heavy atom. The fraction of sp³-hybridized carbons (Fsp3) is 0.400. The highest BCUT2D eigenvalue weighted by molar-refractivity contribution is 6.00. The molecule has 8 heteroatoms. The van der Waals surface area contributed by atoms with Crippen LogP contribution in [0.4, 0.5) is 5.69 Å². The van der Waals surface area contributed by atoms with Gasteiger partial charge in [0.15, 0.2) is 0 Å². The highest BCUT2D eigenvalue weighted by atomic mass is 16.5. The van der Waals surface area contributed by atoms with Crippen LogP contribution >= 0.6 is 0 Å². The molecule has 3 saturated heterocycles. The average Bonchev–Trinajstić information content (AvgIpc) is 3.58. The molecule has 170 valence electrons. The zero-order valence-corrected chi connectivity index (χ0v) is 18.3. The zero-order chi connectivity index (χ0) is 22.9. The van der Waals surface area contributed by atoms with Gasteiger partial charge in [-0.1, -0.05) is 25.1 Å². The average molecular weight is 448 g/mol. The van der Waals surface area contributed by atoms with Crippen LogP contribution in [0.3, 0.4) is 0 Å². The quantitative estimate of drug-likeness (QED) is 0.723. The van der Waals surface area contributed by atoms with E-state index in [1.54, 1.807) is 54.7 Å². The van der Waals surface area contributed by atoms with E-state index in [9.17, 15) is 14.4 Å². The number of methoxy groups -OCH3 is 1. The van der Waals surface area contributed by atoms with Gasteiger partial charge in [0.25, 0.3) is 0 Å². The molecule has 4 aliphatic rings. The van der Waals surface area contributed by atoms with Crippen LogP contribution in [0.5, 0.6) is 5.75 Å². The van der Waals surface area contributed by atoms with E-state index in [1.807, 2.05) is 19.1 Å². The van der Waals surface area contributed by atoms with Gasteiger partial charge in [-0.05, 0) is 24.3 Å². The number of piperidine rings is 1. The molecule has 6 rings (SSSR count). The first-order valence-electron chi connectivity index (χ1n) is 11.1. The van der Waals surface area contributed by atoms with Crippen molar-refractivity contribution in [3.05, 3.63) is 60.6 Å². The number of ether oxygens (including phenoxy) is 2. The SMILES string of the molecule is COc1cccc(NC(=O)C2C3C=CC4(O3)C2C(=O)N2C(c3ccco3)CC(=O)C(C)C24)c1. The molecule has 8 nitrogen and oxygen atoms in total. The number of carbonyl (C=O) groups excluding carboxylic acids is 3. The summed E-state index contributed by atoms with van der Waals surface area (Å²) < 4.78 is 17.2. The summed E-state index contributed by atoms with van der Waals surface area (Å²) in [6.45, 7) is 1.84. The van der Waals surface area contributed by atoms with Crippen LogP contribution in [-0.4, -0.2) is 47.4 Å². The second-order valence-electron chi connectivity index (χ2n) is 9.20. The van der Waals surface area contributed by atoms with Gasteiger partial charge in [-0.25, -0.2) is 0 Å². The van der Waals surface area contributed by atoms with Gasteiger partial charge < -0.3 is 24.1 Å². The molecule has 4 aliphatic heterocycles. The molecule has 2 amide bonds. The molecular formula is C25H24N2O6. The molecule has 0 saturated carbocycles. The lowest BCUT2D eigenvalue weighted by atomic mass is 9.70. The Kier molecular flexibility index (Phi) is 4.32. The number of nitrogens with one attached hydrogen (secondary N) is 1. The molecular weight excluding hydrogens is 424 g/mol. The second-order valence-corrected chi connectivity index (χ2v) is 9.20. The molecule has 5 heterocycles. The molecule has 1 spiro atoms. The number of hydrogen-bond acceptors (Lipinski definition) is 6. The largest absolute Gasteiger partial charge is 0.497 e. The Morgan fingerprint density at radius 3 is 2.85 bits per heavy atom. The highest BCUT2D eigenvalue weighted by Crippen LogP contribution is 2.60. The van der Waals surface area contributed by atoms with Crippen molar-refractivity contribution >= 4 is 23.3 Å². The summed E-state index contributed by atoms with van der Waals surface area (Å²) in [4.78, 5) is 42.0. The Balaban J connectivity index is 1.37. The number of fused-ring (bicyclic) bond motifs is 2. The van der Waals surface area contributed by atoms with Gasteiger partial charge in [-0.15, -0.1) is 0 Å². The van der Waals surface area contributed by atoms with E-state index in [0.29, 0.717) is 17.2 Å². The molecule has 1 aromatic carbocycles. The van der Waals surface area contributed by atoms with Crippen molar-refractivity contribution < 1.29 is 28.3 Å². The molecule has 0 radical (unpaired) electrons. The maximum Gasteiger partial charge on any atom is 0.231 e. The van der Waals surface area contributed by atoms with Crippen molar-refractivity contribution in [3.8, 4) is 5.75 Å². The van der Waals surface area contributed by atoms with E-state index in [0.717, 1.165) is 0 Å². The first kappa shape index (κ1) is 20.2. The minimum absolute atomic E-state index is 0.0604. The number of anilines is 1. The lowest BCUT2D eigenvalue weighted by Crippen LogP contribution is -2.55. The van der Waals surface area contributed by atoms with Crippen LogP contribution in [0.1, 0.15) is 25.1 Å². The van der Waals surface area contributed by atoms with Crippen molar-refractivity contribution in [1.29, 1.82) is 0 Å². The Labute approximate surface area is 190 Å². The monoisotopic (exact) mass is 448 g/mol. The minimum atomic E-state index is -1.00. The predicted octanol–water partition coefficient (Wildman–Crippen LogP) is 2.73. The van der Waals surface area contributed by atoms with Gasteiger partial charge >= 0.3 is 0 Å². The fourth-order valence-electron chi connectivity index (χ4n) is 6.19. The topological polar surface area (TPSA) is 98.1 Å². The van der Waals surface area contributed by atoms with Crippen LogP contribution in [0.2, 0.25) is 0 Å². The molecule has 2 aromatic rings. The van der Waals surface area contributed by atoms with E-state index in [4.69, 9.17) is 13.9 Å². The first-order chi connectivity index (χ1) is 15.9. The number of carbonyl (C=O) groups is 3. The summed E-state index contributed by atoms with van der Waals surface area (Å²) in [5.74, 6) is -1.01. The number of furan rings is 1. The Morgan fingerprint density at radius 2 is 2.09 bits per heavy atom. The summed E-state index contributed by atoms with van der Waals surface area (Å²) in [6.07, 6.45) is 4.97. The lowest BCUT2D eigenvalue weighted by Gasteiger charge is -2.43. The first-order valence-corrected chi connectivity index (χ1v) is 11.1. The summed E-state index contributed by atoms with van der Waals surface area (Å²) >= 11 is 0. The van der Waals surface area contributed by atoms with Crippen LogP contribution in [0.15, 0.2) is 59.2 Å². The zero-order valence-electron chi connectivity index (χ0n) is 18.3. The lowest BCUT2D eigenvalue weighted by molar-refractivity contribution is -0.147. The van der Waals surface area contributed by atoms with E-state index < -0.39 is 41.5 Å².